The minimum absolute atomic E-state index is 0.905. The van der Waals surface area contributed by atoms with Crippen molar-refractivity contribution in [2.24, 2.45) is 0 Å². The highest BCUT2D eigenvalue weighted by molar-refractivity contribution is 7.22. The smallest absolute Gasteiger partial charge is 0.180 e. The van der Waals surface area contributed by atoms with E-state index in [0.717, 1.165) is 27.6 Å². The number of benzene rings is 14. The van der Waals surface area contributed by atoms with Gasteiger partial charge in [0.25, 0.3) is 0 Å². The summed E-state index contributed by atoms with van der Waals surface area (Å²) in [4.78, 5) is 0. The second kappa shape index (κ2) is 20.6. The van der Waals surface area contributed by atoms with Crippen molar-refractivity contribution in [1.82, 2.24) is 4.57 Å². The first kappa shape index (κ1) is 50.4. The van der Waals surface area contributed by atoms with E-state index < -0.39 is 8.07 Å². The van der Waals surface area contributed by atoms with Crippen LogP contribution in [-0.2, 0) is 0 Å². The van der Waals surface area contributed by atoms with Crippen LogP contribution < -0.4 is 20.7 Å². The molecule has 0 aliphatic carbocycles. The van der Waals surface area contributed by atoms with Gasteiger partial charge in [-0.15, -0.1) is 0 Å². The first-order valence-corrected chi connectivity index (χ1v) is 32.0. The number of fused-ring (bicyclic) bond motifs is 9. The molecule has 406 valence electrons. The van der Waals surface area contributed by atoms with Crippen LogP contribution in [0.3, 0.4) is 0 Å². The summed E-state index contributed by atoms with van der Waals surface area (Å²) >= 11 is 0. The van der Waals surface area contributed by atoms with E-state index in [4.69, 9.17) is 4.42 Å². The van der Waals surface area contributed by atoms with E-state index in [1.807, 2.05) is 6.07 Å². The van der Waals surface area contributed by atoms with Crippen molar-refractivity contribution < 1.29 is 4.42 Å². The fraction of sp³-hybridized carbons (Fsp3) is 0. The first-order valence-electron chi connectivity index (χ1n) is 30.0. The maximum atomic E-state index is 6.32. The van der Waals surface area contributed by atoms with Crippen LogP contribution in [0.1, 0.15) is 0 Å². The van der Waals surface area contributed by atoms with E-state index in [-0.39, 0.29) is 0 Å². The average Bonchev–Trinajstić information content (AvgIpc) is 1.57. The Labute approximate surface area is 506 Å². The number of hydrogen-bond donors (Lipinski definition) is 0. The van der Waals surface area contributed by atoms with Crippen molar-refractivity contribution in [2.45, 2.75) is 0 Å². The van der Waals surface area contributed by atoms with Crippen molar-refractivity contribution >= 4 is 72.6 Å². The third-order valence-electron chi connectivity index (χ3n) is 18.4. The van der Waals surface area contributed by atoms with Gasteiger partial charge in [0.1, 0.15) is 11.2 Å². The van der Waals surface area contributed by atoms with Crippen LogP contribution in [0.25, 0.3) is 138 Å². The van der Waals surface area contributed by atoms with E-state index in [1.54, 1.807) is 0 Å². The molecule has 0 atom stereocenters. The zero-order valence-electron chi connectivity index (χ0n) is 47.6. The Bertz CT molecular complexity index is 5040. The van der Waals surface area contributed by atoms with Crippen molar-refractivity contribution in [1.29, 1.82) is 0 Å². The topological polar surface area (TPSA) is 18.1 Å². The van der Waals surface area contributed by atoms with Gasteiger partial charge in [0.15, 0.2) is 8.07 Å². The molecule has 0 saturated carbocycles. The number of aromatic nitrogens is 1. The van der Waals surface area contributed by atoms with Crippen LogP contribution in [0.4, 0.5) is 0 Å². The Kier molecular flexibility index (Phi) is 11.9. The second-order valence-electron chi connectivity index (χ2n) is 23.1. The number of nitrogens with zero attached hydrogens (tertiary/aromatic N) is 1. The van der Waals surface area contributed by atoms with Crippen molar-refractivity contribution in [3.05, 3.63) is 334 Å². The molecule has 0 amide bonds. The minimum Gasteiger partial charge on any atom is -0.456 e. The van der Waals surface area contributed by atoms with Gasteiger partial charge in [-0.2, -0.15) is 0 Å². The second-order valence-corrected chi connectivity index (χ2v) is 26.9. The molecule has 0 unspecified atom stereocenters. The molecule has 16 aromatic rings. The van der Waals surface area contributed by atoms with Crippen molar-refractivity contribution in [3.8, 4) is 94.7 Å². The van der Waals surface area contributed by atoms with Gasteiger partial charge in [0, 0.05) is 27.2 Å². The fourth-order valence-corrected chi connectivity index (χ4v) is 19.3. The third-order valence-corrected chi connectivity index (χ3v) is 23.2. The maximum absolute atomic E-state index is 6.32. The maximum Gasteiger partial charge on any atom is 0.180 e. The zero-order valence-corrected chi connectivity index (χ0v) is 48.6. The molecule has 0 saturated heterocycles. The molecule has 3 heterocycles. The Balaban J connectivity index is 0.809. The van der Waals surface area contributed by atoms with E-state index in [2.05, 4.69) is 332 Å². The minimum atomic E-state index is -2.99. The van der Waals surface area contributed by atoms with Gasteiger partial charge in [-0.05, 0) is 164 Å². The van der Waals surface area contributed by atoms with Crippen LogP contribution in [0.15, 0.2) is 338 Å². The van der Waals surface area contributed by atoms with E-state index in [0.29, 0.717) is 0 Å². The molecule has 1 aliphatic rings. The van der Waals surface area contributed by atoms with E-state index >= 15 is 0 Å². The summed E-state index contributed by atoms with van der Waals surface area (Å²) in [5, 5.41) is 10.2. The molecule has 3 heteroatoms. The third kappa shape index (κ3) is 8.46. The van der Waals surface area contributed by atoms with Gasteiger partial charge in [-0.25, -0.2) is 0 Å². The summed E-state index contributed by atoms with van der Waals surface area (Å²) in [6.07, 6.45) is 0. The molecule has 0 radical (unpaired) electrons. The lowest BCUT2D eigenvalue weighted by molar-refractivity contribution is 0.669. The molecule has 1 aliphatic heterocycles. The van der Waals surface area contributed by atoms with Gasteiger partial charge in [0.05, 0.1) is 11.0 Å². The molecule has 17 rings (SSSR count). The lowest BCUT2D eigenvalue weighted by atomic mass is 9.96. The number of rotatable bonds is 10. The Morgan fingerprint density at radius 3 is 1.02 bits per heavy atom. The molecule has 14 aromatic carbocycles. The average molecular weight is 1120 g/mol. The zero-order chi connectivity index (χ0) is 57.4. The Morgan fingerprint density at radius 1 is 0.218 bits per heavy atom. The lowest BCUT2D eigenvalue weighted by Gasteiger charge is -2.32. The van der Waals surface area contributed by atoms with Gasteiger partial charge < -0.3 is 8.98 Å². The largest absolute Gasteiger partial charge is 0.456 e. The summed E-state index contributed by atoms with van der Waals surface area (Å²) in [6.45, 7) is 0. The van der Waals surface area contributed by atoms with E-state index in [1.165, 1.54) is 132 Å². The van der Waals surface area contributed by atoms with Crippen LogP contribution in [0, 0.1) is 0 Å². The lowest BCUT2D eigenvalue weighted by Crippen LogP contribution is -2.72. The number of hydrogen-bond acceptors (Lipinski definition) is 1. The quantitative estimate of drug-likeness (QED) is 0.125. The normalized spacial score (nSPS) is 12.5. The molecular formula is C84H55NOSi. The Morgan fingerprint density at radius 2 is 0.540 bits per heavy atom. The van der Waals surface area contributed by atoms with Crippen LogP contribution >= 0.6 is 0 Å². The summed E-state index contributed by atoms with van der Waals surface area (Å²) in [5.74, 6) is 0. The van der Waals surface area contributed by atoms with Crippen LogP contribution in [-0.4, -0.2) is 12.6 Å². The highest BCUT2D eigenvalue weighted by Gasteiger charge is 2.49. The highest BCUT2D eigenvalue weighted by Crippen LogP contribution is 2.41. The van der Waals surface area contributed by atoms with E-state index in [9.17, 15) is 0 Å². The van der Waals surface area contributed by atoms with Gasteiger partial charge in [-0.1, -0.05) is 279 Å². The predicted molar refractivity (Wildman–Crippen MR) is 369 cm³/mol. The monoisotopic (exact) mass is 1120 g/mol. The fourth-order valence-electron chi connectivity index (χ4n) is 14.0. The van der Waals surface area contributed by atoms with Crippen LogP contribution in [0.2, 0.25) is 0 Å². The summed E-state index contributed by atoms with van der Waals surface area (Å²) < 4.78 is 8.85. The first-order chi connectivity index (χ1) is 43.1. The van der Waals surface area contributed by atoms with Crippen molar-refractivity contribution in [3.63, 3.8) is 0 Å². The Hall–Kier alpha value is -11.1. The molecular weight excluding hydrogens is 1070 g/mol. The molecule has 0 spiro atoms. The number of para-hydroxylation sites is 1. The van der Waals surface area contributed by atoms with Gasteiger partial charge in [-0.3, -0.25) is 0 Å². The standard InChI is InChI=1S/C84H55NOSi/c1-5-15-56(16-6-1)58-25-29-60(30-26-58)62-33-37-64(38-34-62)66-42-48-79-76(51-66)77-52-67(65-39-35-63(36-40-65)61-31-27-59(28-32-61)57-17-7-2-8-18-57)43-49-80(77)85(79)70-45-47-75-74-46-41-69(68-44-50-82-78(53-68)73-23-13-14-24-81(73)86-82)54-83(74)87(84(75)55-70,71-19-9-3-10-20-71)72-21-11-4-12-22-72/h1-55H. The molecule has 87 heavy (non-hydrogen) atoms. The van der Waals surface area contributed by atoms with Crippen LogP contribution in [0.5, 0.6) is 0 Å². The van der Waals surface area contributed by atoms with Gasteiger partial charge >= 0.3 is 0 Å². The highest BCUT2D eigenvalue weighted by atomic mass is 28.3. The molecule has 0 N–H and O–H groups in total. The molecule has 2 nitrogen and oxygen atoms in total. The number of furan rings is 1. The molecule has 2 aromatic heterocycles. The molecule has 0 fully saturated rings. The molecule has 0 bridgehead atoms. The summed E-state index contributed by atoms with van der Waals surface area (Å²) in [6, 6.07) is 124. The summed E-state index contributed by atoms with van der Waals surface area (Å²) in [5.41, 5.74) is 24.7. The van der Waals surface area contributed by atoms with Crippen molar-refractivity contribution in [2.75, 3.05) is 0 Å². The SMILES string of the molecule is c1ccc(-c2ccc(-c3ccc(-c4ccc5c(c4)c4cc(-c6ccc(-c7ccc(-c8ccccc8)cc7)cc6)ccc4n5-c4ccc5c(c4)[Si](c4ccccc4)(c4ccccc4)c4cc(-c6ccc7oc8ccccc8c7c6)ccc4-5)cc3)cc2)cc1. The van der Waals surface area contributed by atoms with Gasteiger partial charge in [0.2, 0.25) is 0 Å². The predicted octanol–water partition coefficient (Wildman–Crippen LogP) is 19.7. The summed E-state index contributed by atoms with van der Waals surface area (Å²) in [7, 11) is -2.99.